The Balaban J connectivity index is 1.70. The van der Waals surface area contributed by atoms with Crippen LogP contribution in [0.3, 0.4) is 0 Å². The third kappa shape index (κ3) is 3.48. The van der Waals surface area contributed by atoms with E-state index in [0.717, 1.165) is 21.8 Å². The lowest BCUT2D eigenvalue weighted by Gasteiger charge is -2.08. The van der Waals surface area contributed by atoms with Crippen LogP contribution in [0, 0.1) is 18.3 Å². The van der Waals surface area contributed by atoms with Gasteiger partial charge in [-0.15, -0.1) is 11.3 Å². The van der Waals surface area contributed by atoms with Crippen molar-refractivity contribution in [1.29, 1.82) is 5.26 Å². The van der Waals surface area contributed by atoms with E-state index < -0.39 is 0 Å². The lowest BCUT2D eigenvalue weighted by Crippen LogP contribution is -2.39. The van der Waals surface area contributed by atoms with Gasteiger partial charge in [0.05, 0.1) is 5.69 Å². The molecule has 162 valence electrons. The van der Waals surface area contributed by atoms with Crippen molar-refractivity contribution in [2.24, 2.45) is 7.05 Å². The second kappa shape index (κ2) is 8.40. The van der Waals surface area contributed by atoms with Crippen molar-refractivity contribution in [3.63, 3.8) is 0 Å². The Kier molecular flexibility index (Phi) is 5.63. The number of nitrogens with zero attached hydrogens (tertiary/aromatic N) is 6. The number of aromatic nitrogens is 5. The highest BCUT2D eigenvalue weighted by Crippen LogP contribution is 2.27. The van der Waals surface area contributed by atoms with Crippen LogP contribution in [0.4, 0.5) is 0 Å². The van der Waals surface area contributed by atoms with Crippen LogP contribution in [-0.4, -0.2) is 23.7 Å². The molecule has 4 aromatic rings. The summed E-state index contributed by atoms with van der Waals surface area (Å²) < 4.78 is 4.48. The number of rotatable bonds is 5. The van der Waals surface area contributed by atoms with Gasteiger partial charge in [-0.2, -0.15) is 5.26 Å². The first-order valence-corrected chi connectivity index (χ1v) is 11.1. The summed E-state index contributed by atoms with van der Waals surface area (Å²) >= 11 is 1.38. The monoisotopic (exact) mass is 446 g/mol. The summed E-state index contributed by atoms with van der Waals surface area (Å²) in [4.78, 5) is 35.1. The topological polar surface area (TPSA) is 98.5 Å². The molecule has 0 fully saturated rings. The maximum atomic E-state index is 12.8. The SMILES string of the molecule is CCn1c(=O)c2c(nc(C=Cc3ccc(-c4nc(C)c(C#N)s4)cc3)n2C)n(CC)c1=O. The standard InChI is InChI=1S/C23H22N6O2S/c1-5-28-20-19(22(30)29(6-2)23(28)31)27(4)18(26-20)12-9-15-7-10-16(11-8-15)21-25-14(3)17(13-24)32-21/h7-12H,5-6H2,1-4H3. The molecule has 0 saturated heterocycles. The van der Waals surface area contributed by atoms with Crippen LogP contribution in [0.2, 0.25) is 0 Å². The maximum Gasteiger partial charge on any atom is 0.332 e. The normalized spacial score (nSPS) is 11.5. The Morgan fingerprint density at radius 3 is 2.34 bits per heavy atom. The molecule has 0 radical (unpaired) electrons. The maximum absolute atomic E-state index is 12.8. The van der Waals surface area contributed by atoms with Crippen LogP contribution in [0.25, 0.3) is 33.9 Å². The van der Waals surface area contributed by atoms with Crippen LogP contribution < -0.4 is 11.2 Å². The Labute approximate surface area is 188 Å². The first-order valence-electron chi connectivity index (χ1n) is 10.3. The molecule has 0 amide bonds. The number of benzene rings is 1. The Morgan fingerprint density at radius 2 is 1.75 bits per heavy atom. The van der Waals surface area contributed by atoms with Crippen molar-refractivity contribution in [2.75, 3.05) is 0 Å². The molecule has 4 rings (SSSR count). The molecular formula is C23H22N6O2S. The molecule has 0 aliphatic heterocycles. The summed E-state index contributed by atoms with van der Waals surface area (Å²) in [6.45, 7) is 6.22. The summed E-state index contributed by atoms with van der Waals surface area (Å²) in [7, 11) is 1.78. The number of hydrogen-bond acceptors (Lipinski definition) is 6. The van der Waals surface area contributed by atoms with Gasteiger partial charge in [-0.1, -0.05) is 30.3 Å². The molecule has 3 heterocycles. The van der Waals surface area contributed by atoms with Crippen LogP contribution >= 0.6 is 11.3 Å². The van der Waals surface area contributed by atoms with Crippen molar-refractivity contribution < 1.29 is 0 Å². The Morgan fingerprint density at radius 1 is 1.06 bits per heavy atom. The van der Waals surface area contributed by atoms with E-state index in [2.05, 4.69) is 16.0 Å². The predicted molar refractivity (Wildman–Crippen MR) is 127 cm³/mol. The van der Waals surface area contributed by atoms with Crippen molar-refractivity contribution in [1.82, 2.24) is 23.7 Å². The minimum absolute atomic E-state index is 0.310. The zero-order chi connectivity index (χ0) is 23.0. The van der Waals surface area contributed by atoms with Gasteiger partial charge < -0.3 is 4.57 Å². The van der Waals surface area contributed by atoms with Crippen LogP contribution in [0.5, 0.6) is 0 Å². The fourth-order valence-corrected chi connectivity index (χ4v) is 4.49. The van der Waals surface area contributed by atoms with Crippen LogP contribution in [0.15, 0.2) is 33.9 Å². The minimum Gasteiger partial charge on any atom is -0.322 e. The second-order valence-electron chi connectivity index (χ2n) is 7.28. The van der Waals surface area contributed by atoms with E-state index in [4.69, 9.17) is 5.26 Å². The van der Waals surface area contributed by atoms with E-state index in [0.29, 0.717) is 35.0 Å². The van der Waals surface area contributed by atoms with E-state index in [1.165, 1.54) is 20.5 Å². The van der Waals surface area contributed by atoms with Crippen molar-refractivity contribution in [2.45, 2.75) is 33.9 Å². The molecule has 0 unspecified atom stereocenters. The average molecular weight is 447 g/mol. The van der Waals surface area contributed by atoms with Crippen LogP contribution in [0.1, 0.15) is 35.8 Å². The summed E-state index contributed by atoms with van der Waals surface area (Å²) in [5, 5.41) is 9.95. The predicted octanol–water partition coefficient (Wildman–Crippen LogP) is 3.41. The molecule has 1 aromatic carbocycles. The van der Waals surface area contributed by atoms with E-state index in [-0.39, 0.29) is 11.2 Å². The Hall–Kier alpha value is -3.77. The highest BCUT2D eigenvalue weighted by molar-refractivity contribution is 7.15. The average Bonchev–Trinajstić information content (AvgIpc) is 3.33. The molecule has 32 heavy (non-hydrogen) atoms. The molecule has 0 N–H and O–H groups in total. The second-order valence-corrected chi connectivity index (χ2v) is 8.28. The lowest BCUT2D eigenvalue weighted by atomic mass is 10.1. The van der Waals surface area contributed by atoms with E-state index in [1.54, 1.807) is 18.5 Å². The van der Waals surface area contributed by atoms with Gasteiger partial charge >= 0.3 is 5.69 Å². The summed E-state index contributed by atoms with van der Waals surface area (Å²) in [6, 6.07) is 10.0. The quantitative estimate of drug-likeness (QED) is 0.468. The highest BCUT2D eigenvalue weighted by Gasteiger charge is 2.17. The molecule has 3 aromatic heterocycles. The van der Waals surface area contributed by atoms with Gasteiger partial charge in [0.25, 0.3) is 5.56 Å². The zero-order valence-corrected chi connectivity index (χ0v) is 19.1. The lowest BCUT2D eigenvalue weighted by molar-refractivity contribution is 0.604. The summed E-state index contributed by atoms with van der Waals surface area (Å²) in [5.74, 6) is 0.589. The first kappa shape index (κ1) is 21.5. The van der Waals surface area contributed by atoms with Gasteiger partial charge in [0.1, 0.15) is 21.8 Å². The van der Waals surface area contributed by atoms with E-state index in [1.807, 2.05) is 50.3 Å². The van der Waals surface area contributed by atoms with Crippen LogP contribution in [-0.2, 0) is 20.1 Å². The van der Waals surface area contributed by atoms with Gasteiger partial charge in [0.2, 0.25) is 0 Å². The summed E-state index contributed by atoms with van der Waals surface area (Å²) in [5.41, 5.74) is 2.79. The smallest absolute Gasteiger partial charge is 0.322 e. The number of imidazole rings is 1. The molecule has 0 spiro atoms. The fraction of sp³-hybridized carbons (Fsp3) is 0.261. The fourth-order valence-electron chi connectivity index (χ4n) is 3.62. The number of thiazole rings is 1. The van der Waals surface area contributed by atoms with E-state index in [9.17, 15) is 9.59 Å². The third-order valence-corrected chi connectivity index (χ3v) is 6.50. The molecule has 8 nitrogen and oxygen atoms in total. The zero-order valence-electron chi connectivity index (χ0n) is 18.3. The van der Waals surface area contributed by atoms with Gasteiger partial charge in [-0.3, -0.25) is 13.9 Å². The summed E-state index contributed by atoms with van der Waals surface area (Å²) in [6.07, 6.45) is 3.74. The van der Waals surface area contributed by atoms with Crippen molar-refractivity contribution in [3.8, 4) is 16.6 Å². The van der Waals surface area contributed by atoms with E-state index >= 15 is 0 Å². The largest absolute Gasteiger partial charge is 0.332 e. The molecule has 0 aliphatic rings. The molecule has 0 bridgehead atoms. The number of hydrogen-bond donors (Lipinski definition) is 0. The minimum atomic E-state index is -0.339. The molecule has 9 heteroatoms. The highest BCUT2D eigenvalue weighted by atomic mass is 32.1. The molecule has 0 saturated carbocycles. The Bertz CT molecular complexity index is 1510. The van der Waals surface area contributed by atoms with Crippen molar-refractivity contribution >= 4 is 34.7 Å². The third-order valence-electron chi connectivity index (χ3n) is 5.39. The number of fused-ring (bicyclic) bond motifs is 1. The molecule has 0 aliphatic carbocycles. The first-order chi connectivity index (χ1) is 15.4. The molecular weight excluding hydrogens is 424 g/mol. The van der Waals surface area contributed by atoms with Gasteiger partial charge in [-0.25, -0.2) is 14.8 Å². The van der Waals surface area contributed by atoms with Gasteiger partial charge in [0, 0.05) is 25.7 Å². The van der Waals surface area contributed by atoms with Crippen molar-refractivity contribution in [3.05, 3.63) is 67.1 Å². The molecule has 0 atom stereocenters. The van der Waals surface area contributed by atoms with Gasteiger partial charge in [0.15, 0.2) is 11.2 Å². The van der Waals surface area contributed by atoms with Gasteiger partial charge in [-0.05, 0) is 32.4 Å². The number of nitriles is 1. The number of aryl methyl sites for hydroxylation is 3.